The molecule has 1 aromatic rings. The van der Waals surface area contributed by atoms with Crippen molar-refractivity contribution in [1.29, 1.82) is 0 Å². The third-order valence-corrected chi connectivity index (χ3v) is 4.29. The summed E-state index contributed by atoms with van der Waals surface area (Å²) in [4.78, 5) is 38.6. The zero-order valence-corrected chi connectivity index (χ0v) is 14.5. The van der Waals surface area contributed by atoms with Crippen molar-refractivity contribution in [2.45, 2.75) is 38.3 Å². The molecule has 0 spiro atoms. The number of nitrogens with two attached hydrogens (primary N) is 1. The number of carbonyl (C=O) groups excluding carboxylic acids is 3. The van der Waals surface area contributed by atoms with Crippen molar-refractivity contribution in [3.05, 3.63) is 35.9 Å². The van der Waals surface area contributed by atoms with Crippen molar-refractivity contribution in [3.63, 3.8) is 0 Å². The third kappa shape index (κ3) is 5.03. The normalized spacial score (nSPS) is 17.8. The highest BCUT2D eigenvalue weighted by atomic mass is 16.2. The van der Waals surface area contributed by atoms with E-state index in [9.17, 15) is 14.4 Å². The van der Waals surface area contributed by atoms with Gasteiger partial charge in [0.05, 0.1) is 6.54 Å². The molecule has 136 valence electrons. The van der Waals surface area contributed by atoms with Crippen LogP contribution < -0.4 is 16.4 Å². The van der Waals surface area contributed by atoms with Crippen LogP contribution in [0, 0.1) is 0 Å². The van der Waals surface area contributed by atoms with Crippen LogP contribution in [0.1, 0.15) is 25.3 Å². The van der Waals surface area contributed by atoms with E-state index in [0.717, 1.165) is 12.0 Å². The van der Waals surface area contributed by atoms with E-state index in [4.69, 9.17) is 5.73 Å². The van der Waals surface area contributed by atoms with Crippen LogP contribution in [0.25, 0.3) is 0 Å². The minimum Gasteiger partial charge on any atom is -0.355 e. The lowest BCUT2D eigenvalue weighted by Gasteiger charge is -2.28. The molecular weight excluding hydrogens is 320 g/mol. The van der Waals surface area contributed by atoms with Crippen LogP contribution in [0.3, 0.4) is 0 Å². The number of amides is 3. The van der Waals surface area contributed by atoms with Gasteiger partial charge in [-0.15, -0.1) is 0 Å². The lowest BCUT2D eigenvalue weighted by Crippen LogP contribution is -2.54. The number of carbonyl (C=O) groups is 3. The van der Waals surface area contributed by atoms with Crippen molar-refractivity contribution >= 4 is 17.7 Å². The summed E-state index contributed by atoms with van der Waals surface area (Å²) in [6.07, 6.45) is 1.78. The Morgan fingerprint density at radius 1 is 1.28 bits per heavy atom. The standard InChI is InChI=1S/C18H26N4O3/c1-2-20-17(24)15-9-6-10-22(15)18(25)14(21-16(23)12-19)11-13-7-4-3-5-8-13/h3-5,7-8,14-15H,2,6,9-12,19H2,1H3,(H,20,24)(H,21,23)/t14-,15-/m0/s1. The molecular formula is C18H26N4O3. The molecule has 0 aromatic heterocycles. The number of nitrogens with zero attached hydrogens (tertiary/aromatic N) is 1. The summed E-state index contributed by atoms with van der Waals surface area (Å²) in [6, 6.07) is 8.27. The summed E-state index contributed by atoms with van der Waals surface area (Å²) < 4.78 is 0. The molecule has 1 heterocycles. The topological polar surface area (TPSA) is 105 Å². The second-order valence-corrected chi connectivity index (χ2v) is 6.10. The van der Waals surface area contributed by atoms with Crippen LogP contribution in [0.15, 0.2) is 30.3 Å². The van der Waals surface area contributed by atoms with Crippen molar-refractivity contribution in [2.24, 2.45) is 5.73 Å². The molecule has 0 radical (unpaired) electrons. The Kier molecular flexibility index (Phi) is 6.94. The van der Waals surface area contributed by atoms with E-state index < -0.39 is 12.1 Å². The monoisotopic (exact) mass is 346 g/mol. The van der Waals surface area contributed by atoms with Gasteiger partial charge in [-0.2, -0.15) is 0 Å². The van der Waals surface area contributed by atoms with Gasteiger partial charge in [0.2, 0.25) is 17.7 Å². The number of likely N-dealkylation sites (tertiary alicyclic amines) is 1. The lowest BCUT2D eigenvalue weighted by atomic mass is 10.0. The molecule has 0 aliphatic carbocycles. The van der Waals surface area contributed by atoms with Crippen LogP contribution in [0.4, 0.5) is 0 Å². The minimum atomic E-state index is -0.728. The van der Waals surface area contributed by atoms with E-state index in [1.807, 2.05) is 37.3 Å². The molecule has 1 aliphatic rings. The van der Waals surface area contributed by atoms with Gasteiger partial charge in [0.25, 0.3) is 0 Å². The Balaban J connectivity index is 2.15. The molecule has 0 saturated carbocycles. The number of hydrogen-bond donors (Lipinski definition) is 3. The maximum Gasteiger partial charge on any atom is 0.246 e. The molecule has 1 aliphatic heterocycles. The van der Waals surface area contributed by atoms with Gasteiger partial charge >= 0.3 is 0 Å². The second-order valence-electron chi connectivity index (χ2n) is 6.10. The molecule has 4 N–H and O–H groups in total. The van der Waals surface area contributed by atoms with E-state index in [0.29, 0.717) is 25.9 Å². The first kappa shape index (κ1) is 18.9. The summed E-state index contributed by atoms with van der Waals surface area (Å²) in [5, 5.41) is 5.47. The predicted octanol–water partition coefficient (Wildman–Crippen LogP) is -0.200. The number of nitrogens with one attached hydrogen (secondary N) is 2. The van der Waals surface area contributed by atoms with Gasteiger partial charge in [0, 0.05) is 19.5 Å². The van der Waals surface area contributed by atoms with Gasteiger partial charge in [-0.25, -0.2) is 0 Å². The first-order chi connectivity index (χ1) is 12.1. The highest BCUT2D eigenvalue weighted by Gasteiger charge is 2.37. The van der Waals surface area contributed by atoms with E-state index in [1.54, 1.807) is 4.90 Å². The zero-order valence-electron chi connectivity index (χ0n) is 14.5. The second kappa shape index (κ2) is 9.17. The third-order valence-electron chi connectivity index (χ3n) is 4.29. The van der Waals surface area contributed by atoms with Gasteiger partial charge in [-0.1, -0.05) is 30.3 Å². The fourth-order valence-corrected chi connectivity index (χ4v) is 3.10. The number of benzene rings is 1. The fourth-order valence-electron chi connectivity index (χ4n) is 3.10. The van der Waals surface area contributed by atoms with Gasteiger partial charge in [0.15, 0.2) is 0 Å². The molecule has 2 atom stereocenters. The average Bonchev–Trinajstić information content (AvgIpc) is 3.11. The molecule has 7 nitrogen and oxygen atoms in total. The largest absolute Gasteiger partial charge is 0.355 e. The minimum absolute atomic E-state index is 0.142. The van der Waals surface area contributed by atoms with Crippen LogP contribution in [0.2, 0.25) is 0 Å². The Labute approximate surface area is 147 Å². The quantitative estimate of drug-likeness (QED) is 0.636. The Morgan fingerprint density at radius 3 is 2.64 bits per heavy atom. The van der Waals surface area contributed by atoms with E-state index in [2.05, 4.69) is 10.6 Å². The smallest absolute Gasteiger partial charge is 0.246 e. The van der Waals surface area contributed by atoms with Crippen LogP contribution in [0.5, 0.6) is 0 Å². The summed E-state index contributed by atoms with van der Waals surface area (Å²) in [5.41, 5.74) is 6.32. The van der Waals surface area contributed by atoms with Crippen molar-refractivity contribution in [2.75, 3.05) is 19.6 Å². The number of likely N-dealkylation sites (N-methyl/N-ethyl adjacent to an activating group) is 1. The van der Waals surface area contributed by atoms with Gasteiger partial charge in [-0.3, -0.25) is 14.4 Å². The molecule has 0 bridgehead atoms. The van der Waals surface area contributed by atoms with Crippen molar-refractivity contribution in [1.82, 2.24) is 15.5 Å². The zero-order chi connectivity index (χ0) is 18.2. The molecule has 2 rings (SSSR count). The molecule has 1 saturated heterocycles. The highest BCUT2D eigenvalue weighted by molar-refractivity contribution is 5.93. The Hall–Kier alpha value is -2.41. The SMILES string of the molecule is CCNC(=O)[C@@H]1CCCN1C(=O)[C@H](Cc1ccccc1)NC(=O)CN. The molecule has 3 amide bonds. The summed E-state index contributed by atoms with van der Waals surface area (Å²) in [7, 11) is 0. The summed E-state index contributed by atoms with van der Waals surface area (Å²) in [6.45, 7) is 2.70. The molecule has 1 aromatic carbocycles. The Morgan fingerprint density at radius 2 is 2.00 bits per heavy atom. The number of hydrogen-bond acceptors (Lipinski definition) is 4. The van der Waals surface area contributed by atoms with E-state index in [1.165, 1.54) is 0 Å². The highest BCUT2D eigenvalue weighted by Crippen LogP contribution is 2.19. The number of rotatable bonds is 7. The summed E-state index contributed by atoms with van der Waals surface area (Å²) in [5.74, 6) is -0.764. The van der Waals surface area contributed by atoms with Gasteiger partial charge in [0.1, 0.15) is 12.1 Å². The predicted molar refractivity (Wildman–Crippen MR) is 94.5 cm³/mol. The van der Waals surface area contributed by atoms with E-state index in [-0.39, 0.29) is 24.3 Å². The maximum absolute atomic E-state index is 13.0. The van der Waals surface area contributed by atoms with Gasteiger partial charge < -0.3 is 21.3 Å². The van der Waals surface area contributed by atoms with Crippen LogP contribution in [-0.2, 0) is 20.8 Å². The van der Waals surface area contributed by atoms with Crippen molar-refractivity contribution < 1.29 is 14.4 Å². The maximum atomic E-state index is 13.0. The van der Waals surface area contributed by atoms with Gasteiger partial charge in [-0.05, 0) is 25.3 Å². The van der Waals surface area contributed by atoms with Crippen LogP contribution >= 0.6 is 0 Å². The summed E-state index contributed by atoms with van der Waals surface area (Å²) >= 11 is 0. The molecule has 0 unspecified atom stereocenters. The Bertz CT molecular complexity index is 606. The van der Waals surface area contributed by atoms with Crippen LogP contribution in [-0.4, -0.2) is 54.3 Å². The molecule has 1 fully saturated rings. The van der Waals surface area contributed by atoms with E-state index >= 15 is 0 Å². The van der Waals surface area contributed by atoms with Crippen molar-refractivity contribution in [3.8, 4) is 0 Å². The average molecular weight is 346 g/mol. The first-order valence-electron chi connectivity index (χ1n) is 8.68. The fraction of sp³-hybridized carbons (Fsp3) is 0.500. The first-order valence-corrected chi connectivity index (χ1v) is 8.68. The molecule has 25 heavy (non-hydrogen) atoms. The lowest BCUT2D eigenvalue weighted by molar-refractivity contribution is -0.141. The molecule has 7 heteroatoms.